The molecule has 0 fully saturated rings. The fraction of sp³-hybridized carbons (Fsp3) is 0.842. The van der Waals surface area contributed by atoms with E-state index in [1.54, 1.807) is 12.1 Å². The lowest BCUT2D eigenvalue weighted by Crippen LogP contribution is -2.46. The van der Waals surface area contributed by atoms with Crippen molar-refractivity contribution in [3.63, 3.8) is 0 Å². The van der Waals surface area contributed by atoms with Gasteiger partial charge in [-0.1, -0.05) is 95.2 Å². The first-order chi connectivity index (χ1) is 23.9. The van der Waals surface area contributed by atoms with Gasteiger partial charge in [0.15, 0.2) is 33.3 Å². The number of benzene rings is 1. The highest BCUT2D eigenvalue weighted by molar-refractivity contribution is 7.92. The molecule has 1 aromatic rings. The summed E-state index contributed by atoms with van der Waals surface area (Å²) >= 11 is 0. The first-order valence-electron chi connectivity index (χ1n) is 19.5. The van der Waals surface area contributed by atoms with Crippen LogP contribution in [0.1, 0.15) is 83.1 Å². The number of rotatable bonds is 20. The molecule has 0 aliphatic heterocycles. The normalized spacial score (nSPS) is 15.1. The van der Waals surface area contributed by atoms with E-state index in [0.29, 0.717) is 0 Å². The van der Waals surface area contributed by atoms with Gasteiger partial charge in [-0.2, -0.15) is 8.61 Å². The van der Waals surface area contributed by atoms with Crippen molar-refractivity contribution in [2.75, 3.05) is 52.6 Å². The van der Waals surface area contributed by atoms with Crippen LogP contribution >= 0.6 is 0 Å². The molecule has 0 heterocycles. The Morgan fingerprint density at radius 2 is 0.611 bits per heavy atom. The maximum Gasteiger partial charge on any atom is 0.244 e. The van der Waals surface area contributed by atoms with E-state index in [1.165, 1.54) is 20.7 Å². The van der Waals surface area contributed by atoms with Gasteiger partial charge in [-0.15, -0.1) is 0 Å². The Labute approximate surface area is 337 Å². The van der Waals surface area contributed by atoms with Crippen molar-refractivity contribution >= 4 is 53.3 Å². The van der Waals surface area contributed by atoms with Crippen LogP contribution < -0.4 is 0 Å². The topological polar surface area (TPSA) is 112 Å². The fourth-order valence-corrected chi connectivity index (χ4v) is 12.1. The molecular weight excluding hydrogens is 789 g/mol. The largest absolute Gasteiger partial charge is 0.415 e. The summed E-state index contributed by atoms with van der Waals surface area (Å²) in [6.45, 7) is 43.7. The van der Waals surface area contributed by atoms with Gasteiger partial charge in [0.25, 0.3) is 0 Å². The summed E-state index contributed by atoms with van der Waals surface area (Å²) in [6, 6.07) is 5.95. The van der Waals surface area contributed by atoms with Crippen LogP contribution in [-0.4, -0.2) is 111 Å². The molecule has 0 unspecified atom stereocenters. The van der Waals surface area contributed by atoms with Gasteiger partial charge in [-0.05, 0) is 84.7 Å². The van der Waals surface area contributed by atoms with Crippen molar-refractivity contribution in [2.45, 2.75) is 165 Å². The lowest BCUT2D eigenvalue weighted by Gasteiger charge is -2.38. The van der Waals surface area contributed by atoms with Crippen LogP contribution in [0, 0.1) is 0 Å². The smallest absolute Gasteiger partial charge is 0.244 e. The second-order valence-electron chi connectivity index (χ2n) is 20.7. The van der Waals surface area contributed by atoms with Gasteiger partial charge in [-0.25, -0.2) is 16.8 Å². The van der Waals surface area contributed by atoms with E-state index in [1.807, 2.05) is 0 Å². The molecule has 1 aromatic carbocycles. The molecule has 0 spiro atoms. The lowest BCUT2D eigenvalue weighted by atomic mass is 10.2. The number of hydrogen-bond acceptors (Lipinski definition) is 8. The van der Waals surface area contributed by atoms with Crippen LogP contribution in [0.2, 0.25) is 72.5 Å². The van der Waals surface area contributed by atoms with Gasteiger partial charge >= 0.3 is 0 Å². The molecule has 0 radical (unpaired) electrons. The molecule has 0 saturated heterocycles. The van der Waals surface area contributed by atoms with Crippen molar-refractivity contribution in [1.82, 2.24) is 8.61 Å². The van der Waals surface area contributed by atoms with Crippen LogP contribution in [0.3, 0.4) is 0 Å². The average Bonchev–Trinajstić information content (AvgIpc) is 2.97. The Bertz CT molecular complexity index is 1390. The molecule has 0 amide bonds. The molecule has 0 aliphatic rings. The second-order valence-corrected chi connectivity index (χ2v) is 43.7. The first kappa shape index (κ1) is 51.8. The van der Waals surface area contributed by atoms with Gasteiger partial charge in [0.2, 0.25) is 20.0 Å². The Kier molecular flexibility index (Phi) is 17.6. The third kappa shape index (κ3) is 13.7. The van der Waals surface area contributed by atoms with E-state index >= 15 is 0 Å². The second kappa shape index (κ2) is 18.3. The zero-order valence-corrected chi connectivity index (χ0v) is 43.6. The maximum atomic E-state index is 14.8. The van der Waals surface area contributed by atoms with E-state index in [0.717, 1.165) is 0 Å². The molecule has 10 nitrogen and oxygen atoms in total. The summed E-state index contributed by atoms with van der Waals surface area (Å²) in [7, 11) is -17.4. The summed E-state index contributed by atoms with van der Waals surface area (Å²) in [5, 5.41) is -0.243. The van der Waals surface area contributed by atoms with Gasteiger partial charge in [0.05, 0.1) is 0 Å². The number of sulfonamides is 2. The van der Waals surface area contributed by atoms with Crippen molar-refractivity contribution in [3.8, 4) is 0 Å². The highest BCUT2D eigenvalue weighted by atomic mass is 32.2. The molecule has 0 N–H and O–H groups in total. The van der Waals surface area contributed by atoms with Crippen molar-refractivity contribution < 1.29 is 34.5 Å². The highest BCUT2D eigenvalue weighted by Crippen LogP contribution is 2.39. The molecule has 16 heteroatoms. The van der Waals surface area contributed by atoms with Gasteiger partial charge in [0, 0.05) is 52.6 Å². The monoisotopic (exact) mass is 868 g/mol. The van der Waals surface area contributed by atoms with Gasteiger partial charge in [-0.3, -0.25) is 0 Å². The minimum Gasteiger partial charge on any atom is -0.415 e. The third-order valence-corrected chi connectivity index (χ3v) is 34.7. The van der Waals surface area contributed by atoms with Crippen molar-refractivity contribution in [2.24, 2.45) is 0 Å². The molecule has 0 bridgehead atoms. The Morgan fingerprint density at radius 3 is 0.778 bits per heavy atom. The number of hydrogen-bond donors (Lipinski definition) is 0. The molecule has 54 heavy (non-hydrogen) atoms. The SMILES string of the molecule is CC(C)(C)[Si](C)(C)OCCN(CCO[Si](C)(C)C(C)(C)C)S(=O)(=O)c1ccccc1S(=O)(=O)N(CCO[Si](C)(C)C(C)(C)C)CCO[Si](C)(C)C(C)(C)C. The standard InChI is InChI=1S/C38H80N2O8S2Si4/c1-35(2,3)51(13,14)45-29-25-39(26-30-46-52(15,16)36(4,5)6)49(41,42)33-23-21-22-24-34(33)50(43,44)40(27-31-47-53(17,18)37(7,8)9)28-32-48-54(19,20)38(10,11)12/h21-24H,25-32H2,1-20H3. The summed E-state index contributed by atoms with van der Waals surface area (Å²) in [5.74, 6) is 0. The van der Waals surface area contributed by atoms with E-state index in [-0.39, 0.29) is 82.6 Å². The Morgan fingerprint density at radius 1 is 0.426 bits per heavy atom. The minimum absolute atomic E-state index is 0.0606. The molecule has 1 rings (SSSR count). The predicted molar refractivity (Wildman–Crippen MR) is 237 cm³/mol. The molecule has 0 saturated carbocycles. The number of nitrogens with zero attached hydrogens (tertiary/aromatic N) is 2. The predicted octanol–water partition coefficient (Wildman–Crippen LogP) is 9.76. The van der Waals surface area contributed by atoms with E-state index in [2.05, 4.69) is 135 Å². The summed E-state index contributed by atoms with van der Waals surface area (Å²) < 4.78 is 87.4. The Balaban J connectivity index is 3.70. The zero-order chi connectivity index (χ0) is 42.6. The van der Waals surface area contributed by atoms with Crippen molar-refractivity contribution in [1.29, 1.82) is 0 Å². The van der Waals surface area contributed by atoms with E-state index in [4.69, 9.17) is 17.7 Å². The third-order valence-electron chi connectivity index (χ3n) is 12.5. The highest BCUT2D eigenvalue weighted by Gasteiger charge is 2.42. The molecule has 318 valence electrons. The molecule has 0 aliphatic carbocycles. The zero-order valence-electron chi connectivity index (χ0n) is 37.9. The lowest BCUT2D eigenvalue weighted by molar-refractivity contribution is 0.217. The van der Waals surface area contributed by atoms with Gasteiger partial charge < -0.3 is 17.7 Å². The van der Waals surface area contributed by atoms with Crippen LogP contribution in [0.5, 0.6) is 0 Å². The Hall–Kier alpha value is -0.252. The minimum atomic E-state index is -4.33. The van der Waals surface area contributed by atoms with Crippen LogP contribution in [0.25, 0.3) is 0 Å². The van der Waals surface area contributed by atoms with E-state index < -0.39 is 53.3 Å². The summed E-state index contributed by atoms with van der Waals surface area (Å²) in [4.78, 5) is -0.518. The van der Waals surface area contributed by atoms with Crippen molar-refractivity contribution in [3.05, 3.63) is 24.3 Å². The van der Waals surface area contributed by atoms with Gasteiger partial charge in [0.1, 0.15) is 9.79 Å². The molecule has 0 atom stereocenters. The average molecular weight is 870 g/mol. The first-order valence-corrected chi connectivity index (χ1v) is 34.0. The summed E-state index contributed by atoms with van der Waals surface area (Å²) in [6.07, 6.45) is 0. The quantitative estimate of drug-likeness (QED) is 0.119. The fourth-order valence-electron chi connectivity index (χ4n) is 4.34. The van der Waals surface area contributed by atoms with Crippen LogP contribution in [0.15, 0.2) is 34.1 Å². The molecule has 0 aromatic heterocycles. The van der Waals surface area contributed by atoms with E-state index in [9.17, 15) is 16.8 Å². The summed E-state index contributed by atoms with van der Waals surface area (Å²) in [5.41, 5.74) is 0. The maximum absolute atomic E-state index is 14.8. The van der Waals surface area contributed by atoms with Crippen LogP contribution in [-0.2, 0) is 37.8 Å². The molecular formula is C38H80N2O8S2Si4. The van der Waals surface area contributed by atoms with Crippen LogP contribution in [0.4, 0.5) is 0 Å².